The van der Waals surface area contributed by atoms with E-state index in [4.69, 9.17) is 4.74 Å². The zero-order chi connectivity index (χ0) is 18.2. The number of benzene rings is 1. The molecular formula is C18H26N4O3. The molecule has 1 heterocycles. The lowest BCUT2D eigenvalue weighted by Gasteiger charge is -2.13. The van der Waals surface area contributed by atoms with Crippen LogP contribution >= 0.6 is 0 Å². The summed E-state index contributed by atoms with van der Waals surface area (Å²) in [4.78, 5) is 12.0. The molecule has 0 aliphatic rings. The average molecular weight is 346 g/mol. The number of anilines is 1. The van der Waals surface area contributed by atoms with Gasteiger partial charge >= 0.3 is 6.03 Å². The van der Waals surface area contributed by atoms with Crippen LogP contribution in [0.2, 0.25) is 0 Å². The van der Waals surface area contributed by atoms with Gasteiger partial charge in [0.15, 0.2) is 0 Å². The van der Waals surface area contributed by atoms with E-state index in [0.717, 1.165) is 12.1 Å². The van der Waals surface area contributed by atoms with Crippen molar-refractivity contribution in [3.8, 4) is 5.75 Å². The lowest BCUT2D eigenvalue weighted by molar-refractivity contribution is 0.108. The Kier molecular flexibility index (Phi) is 6.82. The molecule has 1 aromatic carbocycles. The molecule has 2 rings (SSSR count). The van der Waals surface area contributed by atoms with Gasteiger partial charge in [-0.25, -0.2) is 4.79 Å². The molecule has 1 unspecified atom stereocenters. The fourth-order valence-electron chi connectivity index (χ4n) is 2.30. The summed E-state index contributed by atoms with van der Waals surface area (Å²) in [6.45, 7) is 4.44. The van der Waals surface area contributed by atoms with Crippen LogP contribution in [0.4, 0.5) is 10.6 Å². The maximum atomic E-state index is 12.0. The van der Waals surface area contributed by atoms with Gasteiger partial charge in [-0.05, 0) is 24.5 Å². The zero-order valence-corrected chi connectivity index (χ0v) is 14.9. The lowest BCUT2D eigenvalue weighted by Crippen LogP contribution is -2.38. The van der Waals surface area contributed by atoms with Crippen molar-refractivity contribution in [1.82, 2.24) is 15.1 Å². The molecule has 25 heavy (non-hydrogen) atoms. The largest absolute Gasteiger partial charge is 0.491 e. The van der Waals surface area contributed by atoms with Crippen LogP contribution in [0.5, 0.6) is 5.75 Å². The molecular weight excluding hydrogens is 320 g/mol. The number of rotatable bonds is 8. The summed E-state index contributed by atoms with van der Waals surface area (Å²) >= 11 is 0. The minimum atomic E-state index is -0.797. The fraction of sp³-hybridized carbons (Fsp3) is 0.444. The molecule has 0 spiro atoms. The van der Waals surface area contributed by atoms with E-state index in [1.807, 2.05) is 36.4 Å². The molecule has 7 nitrogen and oxygen atoms in total. The lowest BCUT2D eigenvalue weighted by atomic mass is 10.1. The number of hydrogen-bond acceptors (Lipinski definition) is 4. The number of aliphatic hydroxyl groups is 1. The van der Waals surface area contributed by atoms with Crippen LogP contribution in [0, 0.1) is 5.92 Å². The third kappa shape index (κ3) is 6.46. The van der Waals surface area contributed by atoms with Crippen molar-refractivity contribution in [1.29, 1.82) is 0 Å². The highest BCUT2D eigenvalue weighted by atomic mass is 16.5. The molecule has 0 aliphatic heterocycles. The topological polar surface area (TPSA) is 88.4 Å². The number of nitrogens with zero attached hydrogens (tertiary/aromatic N) is 2. The summed E-state index contributed by atoms with van der Waals surface area (Å²) in [5.74, 6) is 1.79. The summed E-state index contributed by atoms with van der Waals surface area (Å²) in [7, 11) is 1.78. The highest BCUT2D eigenvalue weighted by Crippen LogP contribution is 2.12. The van der Waals surface area contributed by atoms with E-state index in [1.165, 1.54) is 0 Å². The van der Waals surface area contributed by atoms with Crippen LogP contribution in [0.1, 0.15) is 19.5 Å². The van der Waals surface area contributed by atoms with Crippen molar-refractivity contribution in [2.45, 2.75) is 26.4 Å². The molecule has 0 saturated heterocycles. The monoisotopic (exact) mass is 346 g/mol. The molecule has 136 valence electrons. The fourth-order valence-corrected chi connectivity index (χ4v) is 2.30. The van der Waals surface area contributed by atoms with E-state index in [-0.39, 0.29) is 13.2 Å². The molecule has 0 saturated carbocycles. The maximum Gasteiger partial charge on any atom is 0.320 e. The number of nitrogens with one attached hydrogen (secondary N) is 2. The van der Waals surface area contributed by atoms with Gasteiger partial charge in [-0.1, -0.05) is 32.0 Å². The first-order chi connectivity index (χ1) is 11.9. The maximum absolute atomic E-state index is 12.0. The normalized spacial score (nSPS) is 12.0. The minimum absolute atomic E-state index is 0.0926. The Balaban J connectivity index is 1.74. The van der Waals surface area contributed by atoms with Crippen LogP contribution in [-0.4, -0.2) is 40.2 Å². The number of aromatic nitrogens is 2. The number of aliphatic hydroxyl groups excluding tert-OH is 1. The van der Waals surface area contributed by atoms with E-state index in [2.05, 4.69) is 29.6 Å². The number of aryl methyl sites for hydroxylation is 1. The van der Waals surface area contributed by atoms with Gasteiger partial charge < -0.3 is 15.2 Å². The Morgan fingerprint density at radius 1 is 1.32 bits per heavy atom. The Morgan fingerprint density at radius 3 is 2.72 bits per heavy atom. The molecule has 0 bridgehead atoms. The van der Waals surface area contributed by atoms with Gasteiger partial charge in [0.2, 0.25) is 0 Å². The number of carbonyl (C=O) groups is 1. The minimum Gasteiger partial charge on any atom is -0.491 e. The second-order valence-corrected chi connectivity index (χ2v) is 6.36. The van der Waals surface area contributed by atoms with E-state index in [0.29, 0.717) is 17.5 Å². The molecule has 2 aromatic rings. The van der Waals surface area contributed by atoms with Crippen molar-refractivity contribution in [3.63, 3.8) is 0 Å². The number of urea groups is 1. The van der Waals surface area contributed by atoms with Crippen molar-refractivity contribution >= 4 is 11.8 Å². The predicted molar refractivity (Wildman–Crippen MR) is 96.7 cm³/mol. The molecule has 0 radical (unpaired) electrons. The van der Waals surface area contributed by atoms with Crippen LogP contribution in [0.25, 0.3) is 0 Å². The quantitative estimate of drug-likeness (QED) is 0.683. The van der Waals surface area contributed by atoms with Gasteiger partial charge in [-0.3, -0.25) is 10.00 Å². The second kappa shape index (κ2) is 9.08. The van der Waals surface area contributed by atoms with Gasteiger partial charge in [-0.15, -0.1) is 0 Å². The molecule has 1 aromatic heterocycles. The molecule has 0 aliphatic carbocycles. The summed E-state index contributed by atoms with van der Waals surface area (Å²) in [6, 6.07) is 10.7. The molecule has 3 N–H and O–H groups in total. The number of amides is 2. The number of ether oxygens (including phenoxy) is 1. The van der Waals surface area contributed by atoms with E-state index < -0.39 is 12.1 Å². The zero-order valence-electron chi connectivity index (χ0n) is 14.9. The highest BCUT2D eigenvalue weighted by Gasteiger charge is 2.11. The van der Waals surface area contributed by atoms with E-state index in [9.17, 15) is 9.90 Å². The highest BCUT2D eigenvalue weighted by molar-refractivity contribution is 5.88. The summed E-state index contributed by atoms with van der Waals surface area (Å²) in [5.41, 5.74) is 0.934. The van der Waals surface area contributed by atoms with Gasteiger partial charge in [0.1, 0.15) is 24.3 Å². The first-order valence-electron chi connectivity index (χ1n) is 8.37. The number of carbonyl (C=O) groups excluding carboxylic acids is 1. The van der Waals surface area contributed by atoms with Crippen molar-refractivity contribution < 1.29 is 14.6 Å². The smallest absolute Gasteiger partial charge is 0.320 e. The Hall–Kier alpha value is -2.54. The SMILES string of the molecule is CC(C)Cc1cc(NC(=O)NCC(O)COc2ccccc2)n(C)n1. The standard InChI is InChI=1S/C18H26N4O3/c1-13(2)9-14-10-17(22(3)21-14)20-18(24)19-11-15(23)12-25-16-7-5-4-6-8-16/h4-8,10,13,15,23H,9,11-12H2,1-3H3,(H2,19,20,24). The summed E-state index contributed by atoms with van der Waals surface area (Å²) in [6.07, 6.45) is 0.0566. The first kappa shape index (κ1) is 18.8. The molecule has 0 fully saturated rings. The van der Waals surface area contributed by atoms with Crippen LogP contribution < -0.4 is 15.4 Å². The Bertz CT molecular complexity index is 670. The number of para-hydroxylation sites is 1. The van der Waals surface area contributed by atoms with Crippen molar-refractivity contribution in [2.24, 2.45) is 13.0 Å². The molecule has 1 atom stereocenters. The Morgan fingerprint density at radius 2 is 2.04 bits per heavy atom. The molecule has 7 heteroatoms. The summed E-state index contributed by atoms with van der Waals surface area (Å²) in [5, 5.41) is 19.6. The van der Waals surface area contributed by atoms with E-state index >= 15 is 0 Å². The van der Waals surface area contributed by atoms with Gasteiger partial charge in [0.05, 0.1) is 5.69 Å². The van der Waals surface area contributed by atoms with Crippen LogP contribution in [0.15, 0.2) is 36.4 Å². The van der Waals surface area contributed by atoms with Gasteiger partial charge in [-0.2, -0.15) is 5.10 Å². The van der Waals surface area contributed by atoms with Gasteiger partial charge in [0, 0.05) is 19.7 Å². The van der Waals surface area contributed by atoms with Crippen molar-refractivity contribution in [2.75, 3.05) is 18.5 Å². The van der Waals surface area contributed by atoms with Gasteiger partial charge in [0.25, 0.3) is 0 Å². The van der Waals surface area contributed by atoms with Crippen molar-refractivity contribution in [3.05, 3.63) is 42.1 Å². The number of hydrogen-bond donors (Lipinski definition) is 3. The predicted octanol–water partition coefficient (Wildman–Crippen LogP) is 2.18. The first-order valence-corrected chi connectivity index (χ1v) is 8.37. The summed E-state index contributed by atoms with van der Waals surface area (Å²) < 4.78 is 7.07. The van der Waals surface area contributed by atoms with Crippen LogP contribution in [0.3, 0.4) is 0 Å². The van der Waals surface area contributed by atoms with Crippen LogP contribution in [-0.2, 0) is 13.5 Å². The average Bonchev–Trinajstić information content (AvgIpc) is 2.90. The second-order valence-electron chi connectivity index (χ2n) is 6.36. The Labute approximate surface area is 148 Å². The third-order valence-electron chi connectivity index (χ3n) is 3.47. The molecule has 2 amide bonds. The van der Waals surface area contributed by atoms with E-state index in [1.54, 1.807) is 11.7 Å². The third-order valence-corrected chi connectivity index (χ3v) is 3.47.